The Bertz CT molecular complexity index is 620. The third-order valence-electron chi connectivity index (χ3n) is 3.02. The average molecular weight is 286 g/mol. The first-order valence-electron chi connectivity index (χ1n) is 6.47. The van der Waals surface area contributed by atoms with E-state index >= 15 is 0 Å². The maximum atomic E-state index is 12.3. The summed E-state index contributed by atoms with van der Waals surface area (Å²) in [6.07, 6.45) is 0. The number of benzene rings is 2. The third-order valence-corrected chi connectivity index (χ3v) is 4.01. The number of carbonyl (C=O) groups excluding carboxylic acids is 1. The highest BCUT2D eigenvalue weighted by Crippen LogP contribution is 2.24. The van der Waals surface area contributed by atoms with Crippen molar-refractivity contribution in [1.82, 2.24) is 0 Å². The van der Waals surface area contributed by atoms with Gasteiger partial charge in [-0.25, -0.2) is 0 Å². The number of hydrogen-bond donors (Lipinski definition) is 0. The highest BCUT2D eigenvalue weighted by molar-refractivity contribution is 8.00. The van der Waals surface area contributed by atoms with Gasteiger partial charge in [-0.2, -0.15) is 0 Å². The van der Waals surface area contributed by atoms with Crippen LogP contribution in [0.5, 0.6) is 5.75 Å². The lowest BCUT2D eigenvalue weighted by Crippen LogP contribution is -2.05. The molecule has 0 atom stereocenters. The average Bonchev–Trinajstić information content (AvgIpc) is 2.44. The Morgan fingerprint density at radius 1 is 1.10 bits per heavy atom. The Hall–Kier alpha value is -1.74. The summed E-state index contributed by atoms with van der Waals surface area (Å²) >= 11 is 1.56. The van der Waals surface area contributed by atoms with Crippen LogP contribution >= 0.6 is 11.8 Å². The fourth-order valence-electron chi connectivity index (χ4n) is 1.96. The molecule has 0 N–H and O–H groups in total. The number of carbonyl (C=O) groups is 1. The maximum Gasteiger partial charge on any atom is 0.176 e. The zero-order valence-electron chi connectivity index (χ0n) is 12.0. The lowest BCUT2D eigenvalue weighted by atomic mass is 10.1. The summed E-state index contributed by atoms with van der Waals surface area (Å²) in [5.41, 5.74) is 2.94. The molecule has 0 aliphatic rings. The van der Waals surface area contributed by atoms with E-state index in [1.165, 1.54) is 5.56 Å². The van der Waals surface area contributed by atoms with Crippen LogP contribution in [0.4, 0.5) is 0 Å². The molecule has 2 aromatic carbocycles. The Balaban J connectivity index is 2.09. The molecule has 0 saturated heterocycles. The zero-order chi connectivity index (χ0) is 14.5. The lowest BCUT2D eigenvalue weighted by Gasteiger charge is -2.08. The first kappa shape index (κ1) is 14.7. The number of thioether (sulfide) groups is 1. The normalized spacial score (nSPS) is 10.3. The van der Waals surface area contributed by atoms with Gasteiger partial charge in [-0.15, -0.1) is 11.8 Å². The van der Waals surface area contributed by atoms with Crippen molar-refractivity contribution in [2.45, 2.75) is 18.7 Å². The van der Waals surface area contributed by atoms with E-state index in [2.05, 4.69) is 19.1 Å². The van der Waals surface area contributed by atoms with Crippen LogP contribution in [0.15, 0.2) is 47.4 Å². The number of ether oxygens (including phenoxy) is 1. The van der Waals surface area contributed by atoms with E-state index in [9.17, 15) is 4.79 Å². The van der Waals surface area contributed by atoms with Crippen LogP contribution < -0.4 is 4.74 Å². The van der Waals surface area contributed by atoms with Crippen molar-refractivity contribution in [3.63, 3.8) is 0 Å². The van der Waals surface area contributed by atoms with Crippen LogP contribution in [0.1, 0.15) is 21.5 Å². The molecule has 3 heteroatoms. The van der Waals surface area contributed by atoms with E-state index < -0.39 is 0 Å². The fourth-order valence-corrected chi connectivity index (χ4v) is 2.86. The molecule has 0 radical (unpaired) electrons. The van der Waals surface area contributed by atoms with Gasteiger partial charge in [-0.3, -0.25) is 4.79 Å². The predicted octanol–water partition coefficient (Wildman–Crippen LogP) is 4.29. The molecule has 0 amide bonds. The molecule has 0 aromatic heterocycles. The Morgan fingerprint density at radius 3 is 2.55 bits per heavy atom. The molecule has 0 unspecified atom stereocenters. The summed E-state index contributed by atoms with van der Waals surface area (Å²) in [6.45, 7) is 4.03. The van der Waals surface area contributed by atoms with Gasteiger partial charge < -0.3 is 4.74 Å². The van der Waals surface area contributed by atoms with E-state index in [0.29, 0.717) is 17.1 Å². The van der Waals surface area contributed by atoms with E-state index in [4.69, 9.17) is 4.74 Å². The van der Waals surface area contributed by atoms with Crippen LogP contribution in [0, 0.1) is 13.8 Å². The summed E-state index contributed by atoms with van der Waals surface area (Å²) in [5.74, 6) is 1.16. The van der Waals surface area contributed by atoms with Crippen LogP contribution in [0.3, 0.4) is 0 Å². The first-order chi connectivity index (χ1) is 9.60. The summed E-state index contributed by atoms with van der Waals surface area (Å²) in [6, 6.07) is 13.8. The standard InChI is InChI=1S/C17H18O2S/c1-12-5-4-6-14(9-12)20-11-16(18)15-8-7-13(2)10-17(15)19-3/h4-10H,11H2,1-3H3. The molecule has 2 aromatic rings. The number of rotatable bonds is 5. The quantitative estimate of drug-likeness (QED) is 0.606. The molecular weight excluding hydrogens is 268 g/mol. The summed E-state index contributed by atoms with van der Waals surface area (Å²) in [7, 11) is 1.60. The molecule has 0 heterocycles. The van der Waals surface area contributed by atoms with Gasteiger partial charge in [-0.05, 0) is 43.7 Å². The Labute approximate surface area is 124 Å². The molecule has 0 fully saturated rings. The minimum absolute atomic E-state index is 0.0911. The minimum Gasteiger partial charge on any atom is -0.496 e. The predicted molar refractivity (Wildman–Crippen MR) is 84.0 cm³/mol. The molecule has 20 heavy (non-hydrogen) atoms. The van der Waals surface area contributed by atoms with Gasteiger partial charge in [0.1, 0.15) is 5.75 Å². The summed E-state index contributed by atoms with van der Waals surface area (Å²) in [4.78, 5) is 13.4. The third kappa shape index (κ3) is 3.64. The highest BCUT2D eigenvalue weighted by atomic mass is 32.2. The molecule has 0 saturated carbocycles. The van der Waals surface area contributed by atoms with Crippen LogP contribution in [-0.2, 0) is 0 Å². The van der Waals surface area contributed by atoms with Gasteiger partial charge in [0.2, 0.25) is 0 Å². The van der Waals surface area contributed by atoms with Crippen LogP contribution in [0.2, 0.25) is 0 Å². The second-order valence-electron chi connectivity index (χ2n) is 4.73. The first-order valence-corrected chi connectivity index (χ1v) is 7.46. The smallest absolute Gasteiger partial charge is 0.176 e. The van der Waals surface area contributed by atoms with Gasteiger partial charge in [0.25, 0.3) is 0 Å². The molecule has 104 valence electrons. The number of ketones is 1. The summed E-state index contributed by atoms with van der Waals surface area (Å²) in [5, 5.41) is 0. The van der Waals surface area contributed by atoms with Gasteiger partial charge >= 0.3 is 0 Å². The van der Waals surface area contributed by atoms with Crippen molar-refractivity contribution in [3.05, 3.63) is 59.2 Å². The minimum atomic E-state index is 0.0911. The van der Waals surface area contributed by atoms with E-state index in [0.717, 1.165) is 10.5 Å². The second kappa shape index (κ2) is 6.62. The van der Waals surface area contributed by atoms with Crippen LogP contribution in [0.25, 0.3) is 0 Å². The van der Waals surface area contributed by atoms with Crippen molar-refractivity contribution >= 4 is 17.5 Å². The van der Waals surface area contributed by atoms with Crippen molar-refractivity contribution in [3.8, 4) is 5.75 Å². The SMILES string of the molecule is COc1cc(C)ccc1C(=O)CSc1cccc(C)c1. The van der Waals surface area contributed by atoms with E-state index in [1.54, 1.807) is 18.9 Å². The Kier molecular flexibility index (Phi) is 4.85. The van der Waals surface area contributed by atoms with Gasteiger partial charge in [0.05, 0.1) is 18.4 Å². The van der Waals surface area contributed by atoms with Crippen molar-refractivity contribution < 1.29 is 9.53 Å². The lowest BCUT2D eigenvalue weighted by molar-refractivity contribution is 0.101. The maximum absolute atomic E-state index is 12.3. The zero-order valence-corrected chi connectivity index (χ0v) is 12.8. The second-order valence-corrected chi connectivity index (χ2v) is 5.78. The van der Waals surface area contributed by atoms with Gasteiger partial charge in [-0.1, -0.05) is 23.8 Å². The summed E-state index contributed by atoms with van der Waals surface area (Å²) < 4.78 is 5.29. The van der Waals surface area contributed by atoms with Gasteiger partial charge in [0.15, 0.2) is 5.78 Å². The largest absolute Gasteiger partial charge is 0.496 e. The molecule has 2 nitrogen and oxygen atoms in total. The molecular formula is C17H18O2S. The van der Waals surface area contributed by atoms with Crippen molar-refractivity contribution in [2.24, 2.45) is 0 Å². The molecule has 2 rings (SSSR count). The monoisotopic (exact) mass is 286 g/mol. The van der Waals surface area contributed by atoms with Crippen molar-refractivity contribution in [1.29, 1.82) is 0 Å². The molecule has 0 aliphatic heterocycles. The number of methoxy groups -OCH3 is 1. The Morgan fingerprint density at radius 2 is 1.85 bits per heavy atom. The highest BCUT2D eigenvalue weighted by Gasteiger charge is 2.12. The van der Waals surface area contributed by atoms with Crippen molar-refractivity contribution in [2.75, 3.05) is 12.9 Å². The van der Waals surface area contributed by atoms with Crippen LogP contribution in [-0.4, -0.2) is 18.6 Å². The van der Waals surface area contributed by atoms with E-state index in [-0.39, 0.29) is 5.78 Å². The molecule has 0 spiro atoms. The van der Waals surface area contributed by atoms with Gasteiger partial charge in [0, 0.05) is 4.90 Å². The number of Topliss-reactive ketones (excluding diaryl/α,β-unsaturated/α-hetero) is 1. The number of hydrogen-bond acceptors (Lipinski definition) is 3. The van der Waals surface area contributed by atoms with E-state index in [1.807, 2.05) is 37.3 Å². The fraction of sp³-hybridized carbons (Fsp3) is 0.235. The number of aryl methyl sites for hydroxylation is 2. The molecule has 0 aliphatic carbocycles. The topological polar surface area (TPSA) is 26.3 Å². The molecule has 0 bridgehead atoms.